The van der Waals surface area contributed by atoms with Crippen molar-refractivity contribution in [2.45, 2.75) is 0 Å². The molecule has 3 rings (SSSR count). The van der Waals surface area contributed by atoms with E-state index < -0.39 is 5.97 Å². The predicted octanol–water partition coefficient (Wildman–Crippen LogP) is 3.17. The summed E-state index contributed by atoms with van der Waals surface area (Å²) < 4.78 is 32.1. The smallest absolute Gasteiger partial charge is 0.337 e. The number of aromatic carboxylic acids is 1. The molecule has 178 valence electrons. The summed E-state index contributed by atoms with van der Waals surface area (Å²) in [4.78, 5) is 16.8. The number of ether oxygens (including phenoxy) is 6. The Balaban J connectivity index is 1.78. The molecule has 0 aliphatic carbocycles. The van der Waals surface area contributed by atoms with Crippen molar-refractivity contribution in [3.05, 3.63) is 42.0 Å². The van der Waals surface area contributed by atoms with Crippen molar-refractivity contribution in [3.63, 3.8) is 0 Å². The third kappa shape index (κ3) is 7.00. The van der Waals surface area contributed by atoms with Gasteiger partial charge in [0.25, 0.3) is 0 Å². The van der Waals surface area contributed by atoms with Crippen LogP contribution in [-0.4, -0.2) is 83.1 Å². The topological polar surface area (TPSA) is 106 Å². The number of fused-ring (bicyclic) bond motifs is 2. The third-order valence-electron chi connectivity index (χ3n) is 4.79. The number of methoxy groups -OCH3 is 2. The highest BCUT2D eigenvalue weighted by Crippen LogP contribution is 2.31. The minimum Gasteiger partial charge on any atom is -0.491 e. The number of carboxylic acid groups (broad SMARTS) is 1. The lowest BCUT2D eigenvalue weighted by Gasteiger charge is -2.12. The van der Waals surface area contributed by atoms with Crippen molar-refractivity contribution in [3.8, 4) is 11.5 Å². The van der Waals surface area contributed by atoms with Gasteiger partial charge in [0.2, 0.25) is 0 Å². The van der Waals surface area contributed by atoms with Crippen LogP contribution >= 0.6 is 0 Å². The molecule has 0 fully saturated rings. The van der Waals surface area contributed by atoms with Crippen molar-refractivity contribution >= 4 is 27.8 Å². The van der Waals surface area contributed by atoms with Gasteiger partial charge in [-0.15, -0.1) is 0 Å². The van der Waals surface area contributed by atoms with Gasteiger partial charge in [-0.2, -0.15) is 0 Å². The molecule has 3 aromatic rings. The lowest BCUT2D eigenvalue weighted by molar-refractivity contribution is 0.0544. The summed E-state index contributed by atoms with van der Waals surface area (Å²) in [6.45, 7) is 3.48. The van der Waals surface area contributed by atoms with Crippen LogP contribution in [-0.2, 0) is 18.9 Å². The van der Waals surface area contributed by atoms with Crippen molar-refractivity contribution in [2.24, 2.45) is 0 Å². The Hall–Kier alpha value is -2.98. The first kappa shape index (κ1) is 24.7. The van der Waals surface area contributed by atoms with Gasteiger partial charge in [-0.3, -0.25) is 0 Å². The van der Waals surface area contributed by atoms with E-state index in [1.54, 1.807) is 50.6 Å². The summed E-state index contributed by atoms with van der Waals surface area (Å²) in [6.07, 6.45) is 0. The molecule has 1 heterocycles. The molecule has 0 saturated carbocycles. The second-order valence-corrected chi connectivity index (χ2v) is 7.06. The van der Waals surface area contributed by atoms with E-state index >= 15 is 0 Å². The maximum absolute atomic E-state index is 12.2. The number of benzene rings is 2. The average molecular weight is 459 g/mol. The summed E-state index contributed by atoms with van der Waals surface area (Å²) in [5, 5.41) is 11.0. The highest BCUT2D eigenvalue weighted by atomic mass is 16.5. The first-order valence-corrected chi connectivity index (χ1v) is 10.6. The standard InChI is InChI=1S/C24H29NO8/c1-28-7-9-30-11-13-32-17-3-5-21-19(15-17)23(24(26)27)20-16-18(4-6-22(20)25-21)33-14-12-31-10-8-29-2/h3-6,15-16H,7-14H2,1-2H3,(H,26,27). The maximum Gasteiger partial charge on any atom is 0.337 e. The number of pyridine rings is 1. The van der Waals surface area contributed by atoms with Crippen molar-refractivity contribution in [2.75, 3.05) is 67.1 Å². The van der Waals surface area contributed by atoms with Crippen molar-refractivity contribution < 1.29 is 38.3 Å². The van der Waals surface area contributed by atoms with E-state index in [9.17, 15) is 9.90 Å². The van der Waals surface area contributed by atoms with E-state index in [4.69, 9.17) is 28.4 Å². The minimum atomic E-state index is -1.05. The fourth-order valence-electron chi connectivity index (χ4n) is 3.24. The molecule has 0 aliphatic heterocycles. The number of carboxylic acids is 1. The Morgan fingerprint density at radius 2 is 1.18 bits per heavy atom. The van der Waals surface area contributed by atoms with Crippen LogP contribution in [0.1, 0.15) is 10.4 Å². The molecule has 9 nitrogen and oxygen atoms in total. The van der Waals surface area contributed by atoms with Crippen molar-refractivity contribution in [1.29, 1.82) is 0 Å². The minimum absolute atomic E-state index is 0.151. The van der Waals surface area contributed by atoms with Crippen LogP contribution in [0.4, 0.5) is 0 Å². The van der Waals surface area contributed by atoms with Crippen molar-refractivity contribution in [1.82, 2.24) is 4.98 Å². The normalized spacial score (nSPS) is 11.2. The average Bonchev–Trinajstić information content (AvgIpc) is 2.81. The van der Waals surface area contributed by atoms with E-state index in [0.29, 0.717) is 86.2 Å². The van der Waals surface area contributed by atoms with Gasteiger partial charge in [0.1, 0.15) is 24.7 Å². The van der Waals surface area contributed by atoms with Crippen LogP contribution in [0.5, 0.6) is 11.5 Å². The number of hydrogen-bond acceptors (Lipinski definition) is 8. The van der Waals surface area contributed by atoms with Crippen LogP contribution in [0.25, 0.3) is 21.8 Å². The number of aromatic nitrogens is 1. The second-order valence-electron chi connectivity index (χ2n) is 7.06. The van der Waals surface area contributed by atoms with E-state index in [-0.39, 0.29) is 5.56 Å². The molecule has 0 bridgehead atoms. The van der Waals surface area contributed by atoms with Gasteiger partial charge in [-0.05, 0) is 36.4 Å². The maximum atomic E-state index is 12.2. The molecule has 9 heteroatoms. The molecular formula is C24H29NO8. The predicted molar refractivity (Wildman–Crippen MR) is 123 cm³/mol. The van der Waals surface area contributed by atoms with Gasteiger partial charge in [0.15, 0.2) is 0 Å². The lowest BCUT2D eigenvalue weighted by atomic mass is 10.0. The molecule has 0 saturated heterocycles. The van der Waals surface area contributed by atoms with Crippen LogP contribution < -0.4 is 9.47 Å². The van der Waals surface area contributed by atoms with Gasteiger partial charge < -0.3 is 33.5 Å². The third-order valence-corrected chi connectivity index (χ3v) is 4.79. The molecule has 0 atom stereocenters. The number of nitrogens with zero attached hydrogens (tertiary/aromatic N) is 1. The number of hydrogen-bond donors (Lipinski definition) is 1. The van der Waals surface area contributed by atoms with Gasteiger partial charge >= 0.3 is 5.97 Å². The van der Waals surface area contributed by atoms with Gasteiger partial charge in [-0.25, -0.2) is 9.78 Å². The summed E-state index contributed by atoms with van der Waals surface area (Å²) in [5.74, 6) is 0.0386. The van der Waals surface area contributed by atoms with E-state index in [1.165, 1.54) is 0 Å². The summed E-state index contributed by atoms with van der Waals surface area (Å²) in [6, 6.07) is 10.4. The zero-order chi connectivity index (χ0) is 23.5. The molecule has 0 aliphatic rings. The van der Waals surface area contributed by atoms with Gasteiger partial charge in [-0.1, -0.05) is 0 Å². The first-order chi connectivity index (χ1) is 16.1. The first-order valence-electron chi connectivity index (χ1n) is 10.6. The van der Waals surface area contributed by atoms with Crippen LogP contribution in [0, 0.1) is 0 Å². The Morgan fingerprint density at radius 3 is 1.61 bits per heavy atom. The van der Waals surface area contributed by atoms with E-state index in [0.717, 1.165) is 0 Å². The highest BCUT2D eigenvalue weighted by molar-refractivity contribution is 6.14. The summed E-state index contributed by atoms with van der Waals surface area (Å²) >= 11 is 0. The highest BCUT2D eigenvalue weighted by Gasteiger charge is 2.17. The van der Waals surface area contributed by atoms with E-state index in [2.05, 4.69) is 4.98 Å². The zero-order valence-corrected chi connectivity index (χ0v) is 18.9. The molecule has 0 unspecified atom stereocenters. The lowest BCUT2D eigenvalue weighted by Crippen LogP contribution is -2.10. The van der Waals surface area contributed by atoms with Crippen LogP contribution in [0.15, 0.2) is 36.4 Å². The Bertz CT molecular complexity index is 981. The number of carbonyl (C=O) groups is 1. The SMILES string of the molecule is COCCOCCOc1ccc2nc3ccc(OCCOCCOC)cc3c(C(=O)O)c2c1. The summed E-state index contributed by atoms with van der Waals surface area (Å²) in [5.41, 5.74) is 1.30. The number of rotatable bonds is 15. The van der Waals surface area contributed by atoms with Crippen LogP contribution in [0.2, 0.25) is 0 Å². The molecule has 2 aromatic carbocycles. The fourth-order valence-corrected chi connectivity index (χ4v) is 3.24. The Kier molecular flexibility index (Phi) is 9.64. The fraction of sp³-hybridized carbons (Fsp3) is 0.417. The van der Waals surface area contributed by atoms with Gasteiger partial charge in [0, 0.05) is 25.0 Å². The second kappa shape index (κ2) is 12.9. The molecule has 0 amide bonds. The molecular weight excluding hydrogens is 430 g/mol. The monoisotopic (exact) mass is 459 g/mol. The largest absolute Gasteiger partial charge is 0.491 e. The molecule has 1 N–H and O–H groups in total. The quantitative estimate of drug-likeness (QED) is 0.271. The van der Waals surface area contributed by atoms with Crippen LogP contribution in [0.3, 0.4) is 0 Å². The molecule has 0 radical (unpaired) electrons. The molecule has 0 spiro atoms. The molecule has 33 heavy (non-hydrogen) atoms. The Morgan fingerprint density at radius 1 is 0.727 bits per heavy atom. The molecule has 1 aromatic heterocycles. The zero-order valence-electron chi connectivity index (χ0n) is 18.9. The Labute approximate surface area is 192 Å². The van der Waals surface area contributed by atoms with E-state index in [1.807, 2.05) is 0 Å². The summed E-state index contributed by atoms with van der Waals surface area (Å²) in [7, 11) is 3.22. The van der Waals surface area contributed by atoms with Gasteiger partial charge in [0.05, 0.1) is 56.2 Å².